The molecule has 4 aliphatic carbocycles. The molecule has 0 amide bonds. The van der Waals surface area contributed by atoms with Crippen molar-refractivity contribution in [2.45, 2.75) is 50.2 Å². The fourth-order valence-corrected chi connectivity index (χ4v) is 4.16. The molecule has 4 saturated carbocycles. The number of rotatable bonds is 0. The lowest BCUT2D eigenvalue weighted by Gasteiger charge is -2.60. The van der Waals surface area contributed by atoms with Crippen molar-refractivity contribution in [1.29, 1.82) is 0 Å². The third-order valence-electron chi connectivity index (χ3n) is 4.81. The third-order valence-corrected chi connectivity index (χ3v) is 4.81. The molecule has 0 spiro atoms. The molecule has 74 valence electrons. The van der Waals surface area contributed by atoms with Gasteiger partial charge in [-0.15, -0.1) is 0 Å². The van der Waals surface area contributed by atoms with Gasteiger partial charge in [-0.05, 0) is 56.8 Å². The molecule has 4 aliphatic rings. The second-order valence-electron chi connectivity index (χ2n) is 5.79. The van der Waals surface area contributed by atoms with E-state index >= 15 is 0 Å². The average molecular weight is 182 g/mol. The zero-order valence-electron chi connectivity index (χ0n) is 8.16. The van der Waals surface area contributed by atoms with Gasteiger partial charge in [0.1, 0.15) is 0 Å². The van der Waals surface area contributed by atoms with Crippen LogP contribution in [0.15, 0.2) is 0 Å². The Bertz CT molecular complexity index is 228. The predicted molar refractivity (Wildman–Crippen MR) is 49.1 cm³/mol. The van der Waals surface area contributed by atoms with Gasteiger partial charge in [0.05, 0.1) is 11.2 Å². The summed E-state index contributed by atoms with van der Waals surface area (Å²) < 4.78 is 0. The zero-order valence-corrected chi connectivity index (χ0v) is 8.16. The number of hydrogen-bond donors (Lipinski definition) is 2. The molecule has 2 unspecified atom stereocenters. The third kappa shape index (κ3) is 0.962. The number of aliphatic hydroxyl groups is 2. The van der Waals surface area contributed by atoms with Crippen LogP contribution in [-0.4, -0.2) is 21.4 Å². The Hall–Kier alpha value is -0.0800. The van der Waals surface area contributed by atoms with Crippen LogP contribution in [-0.2, 0) is 0 Å². The lowest BCUT2D eigenvalue weighted by atomic mass is 9.49. The highest BCUT2D eigenvalue weighted by Crippen LogP contribution is 2.59. The van der Waals surface area contributed by atoms with Gasteiger partial charge in [0, 0.05) is 0 Å². The zero-order chi connectivity index (χ0) is 9.27. The van der Waals surface area contributed by atoms with Gasteiger partial charge in [0.15, 0.2) is 0 Å². The lowest BCUT2D eigenvalue weighted by molar-refractivity contribution is -0.218. The van der Waals surface area contributed by atoms with Crippen LogP contribution < -0.4 is 0 Å². The molecule has 2 N–H and O–H groups in total. The predicted octanol–water partition coefficient (Wildman–Crippen LogP) is 1.31. The fraction of sp³-hybridized carbons (Fsp3) is 1.00. The maximum Gasteiger partial charge on any atom is 0.0678 e. The Balaban J connectivity index is 1.99. The molecule has 13 heavy (non-hydrogen) atoms. The van der Waals surface area contributed by atoms with Gasteiger partial charge in [-0.1, -0.05) is 0 Å². The van der Waals surface area contributed by atoms with Crippen LogP contribution in [0.2, 0.25) is 0 Å². The normalized spacial score (nSPS) is 64.4. The quantitative estimate of drug-likeness (QED) is 0.593. The van der Waals surface area contributed by atoms with Crippen molar-refractivity contribution >= 4 is 0 Å². The second kappa shape index (κ2) is 2.12. The molecule has 4 fully saturated rings. The summed E-state index contributed by atoms with van der Waals surface area (Å²) in [7, 11) is 0. The van der Waals surface area contributed by atoms with E-state index in [4.69, 9.17) is 0 Å². The standard InChI is InChI=1S/C11H18O2/c1-10(12)8-2-7-3-9(10)6-11(13,4-7)5-8/h7-9,12-13H,2-6H2,1H3. The molecule has 0 heterocycles. The van der Waals surface area contributed by atoms with Gasteiger partial charge in [0.2, 0.25) is 0 Å². The molecule has 0 aromatic rings. The Morgan fingerprint density at radius 3 is 2.00 bits per heavy atom. The van der Waals surface area contributed by atoms with Gasteiger partial charge < -0.3 is 10.2 Å². The van der Waals surface area contributed by atoms with Crippen LogP contribution in [0.25, 0.3) is 0 Å². The van der Waals surface area contributed by atoms with Crippen molar-refractivity contribution in [2.24, 2.45) is 17.8 Å². The number of hydrogen-bond acceptors (Lipinski definition) is 2. The molecule has 0 aromatic carbocycles. The van der Waals surface area contributed by atoms with Crippen molar-refractivity contribution in [3.05, 3.63) is 0 Å². The second-order valence-corrected chi connectivity index (χ2v) is 5.79. The largest absolute Gasteiger partial charge is 0.390 e. The molecule has 2 heteroatoms. The Labute approximate surface area is 79.0 Å². The summed E-state index contributed by atoms with van der Waals surface area (Å²) in [5.41, 5.74) is -0.887. The van der Waals surface area contributed by atoms with E-state index in [2.05, 4.69) is 0 Å². The van der Waals surface area contributed by atoms with Crippen LogP contribution in [0.3, 0.4) is 0 Å². The molecule has 4 rings (SSSR count). The first-order chi connectivity index (χ1) is 6.00. The first-order valence-electron chi connectivity index (χ1n) is 5.44. The van der Waals surface area contributed by atoms with Crippen molar-refractivity contribution in [1.82, 2.24) is 0 Å². The summed E-state index contributed by atoms with van der Waals surface area (Å²) in [6.45, 7) is 1.98. The molecule has 0 radical (unpaired) electrons. The van der Waals surface area contributed by atoms with E-state index in [0.717, 1.165) is 32.1 Å². The van der Waals surface area contributed by atoms with Crippen molar-refractivity contribution in [2.75, 3.05) is 0 Å². The molecule has 2 nitrogen and oxygen atoms in total. The van der Waals surface area contributed by atoms with Gasteiger partial charge in [-0.3, -0.25) is 0 Å². The summed E-state index contributed by atoms with van der Waals surface area (Å²) in [5.74, 6) is 1.43. The summed E-state index contributed by atoms with van der Waals surface area (Å²) in [6, 6.07) is 0. The van der Waals surface area contributed by atoms with Crippen molar-refractivity contribution < 1.29 is 10.2 Å². The Kier molecular flexibility index (Phi) is 1.34. The van der Waals surface area contributed by atoms with Crippen LogP contribution in [0.4, 0.5) is 0 Å². The van der Waals surface area contributed by atoms with E-state index in [0.29, 0.717) is 17.8 Å². The summed E-state index contributed by atoms with van der Waals surface area (Å²) >= 11 is 0. The van der Waals surface area contributed by atoms with Crippen molar-refractivity contribution in [3.8, 4) is 0 Å². The molecule has 4 bridgehead atoms. The summed E-state index contributed by atoms with van der Waals surface area (Å²) in [6.07, 6.45) is 4.97. The molecule has 0 aliphatic heterocycles. The maximum absolute atomic E-state index is 10.3. The minimum Gasteiger partial charge on any atom is -0.390 e. The highest BCUT2D eigenvalue weighted by atomic mass is 16.3. The highest BCUT2D eigenvalue weighted by Gasteiger charge is 2.59. The van der Waals surface area contributed by atoms with E-state index in [1.807, 2.05) is 6.92 Å². The minimum absolute atomic E-state index is 0.365. The summed E-state index contributed by atoms with van der Waals surface area (Å²) in [5, 5.41) is 20.5. The van der Waals surface area contributed by atoms with Crippen LogP contribution in [0, 0.1) is 17.8 Å². The first-order valence-corrected chi connectivity index (χ1v) is 5.44. The van der Waals surface area contributed by atoms with Crippen molar-refractivity contribution in [3.63, 3.8) is 0 Å². The van der Waals surface area contributed by atoms with E-state index in [1.54, 1.807) is 0 Å². The van der Waals surface area contributed by atoms with Gasteiger partial charge in [-0.2, -0.15) is 0 Å². The average Bonchev–Trinajstić information content (AvgIpc) is 1.97. The maximum atomic E-state index is 10.3. The highest BCUT2D eigenvalue weighted by molar-refractivity contribution is 5.10. The van der Waals surface area contributed by atoms with Gasteiger partial charge >= 0.3 is 0 Å². The van der Waals surface area contributed by atoms with Crippen LogP contribution in [0.5, 0.6) is 0 Å². The summed E-state index contributed by atoms with van der Waals surface area (Å²) in [4.78, 5) is 0. The van der Waals surface area contributed by atoms with E-state index in [1.165, 1.54) is 0 Å². The molecule has 2 atom stereocenters. The fourth-order valence-electron chi connectivity index (χ4n) is 4.16. The van der Waals surface area contributed by atoms with E-state index in [9.17, 15) is 10.2 Å². The topological polar surface area (TPSA) is 40.5 Å². The molecular formula is C11H18O2. The van der Waals surface area contributed by atoms with Gasteiger partial charge in [-0.25, -0.2) is 0 Å². The SMILES string of the molecule is CC1(O)C2CC3CC1CC(O)(C3)C2. The molecule has 0 saturated heterocycles. The van der Waals surface area contributed by atoms with Crippen LogP contribution in [0.1, 0.15) is 39.0 Å². The molecular weight excluding hydrogens is 164 g/mol. The molecule has 0 aromatic heterocycles. The Morgan fingerprint density at radius 1 is 1.00 bits per heavy atom. The minimum atomic E-state index is -0.483. The smallest absolute Gasteiger partial charge is 0.0678 e. The first kappa shape index (κ1) is 8.25. The van der Waals surface area contributed by atoms with Crippen LogP contribution >= 0.6 is 0 Å². The monoisotopic (exact) mass is 182 g/mol. The van der Waals surface area contributed by atoms with Gasteiger partial charge in [0.25, 0.3) is 0 Å². The van der Waals surface area contributed by atoms with E-state index < -0.39 is 11.2 Å². The Morgan fingerprint density at radius 2 is 1.54 bits per heavy atom. The van der Waals surface area contributed by atoms with E-state index in [-0.39, 0.29) is 0 Å². The lowest BCUT2D eigenvalue weighted by Crippen LogP contribution is -2.62.